The van der Waals surface area contributed by atoms with Gasteiger partial charge in [0, 0.05) is 11.1 Å². The smallest absolute Gasteiger partial charge is 0.339 e. The Kier molecular flexibility index (Phi) is 4.28. The highest BCUT2D eigenvalue weighted by Gasteiger charge is 2.27. The molecular formula is C12H16O4. The van der Waals surface area contributed by atoms with Gasteiger partial charge in [-0.15, -0.1) is 0 Å². The molecule has 1 aliphatic rings. The minimum atomic E-state index is -0.478. The first-order valence-corrected chi connectivity index (χ1v) is 5.47. The molecule has 0 aliphatic carbocycles. The predicted molar refractivity (Wildman–Crippen MR) is 58.4 cm³/mol. The van der Waals surface area contributed by atoms with Crippen LogP contribution in [0.1, 0.15) is 33.6 Å². The SMILES string of the molecule is CCOC(=O)C=C1OC(=O)C(CC)=C1CC. The summed E-state index contributed by atoms with van der Waals surface area (Å²) in [6.45, 7) is 5.85. The summed E-state index contributed by atoms with van der Waals surface area (Å²) in [5.41, 5.74) is 1.46. The van der Waals surface area contributed by atoms with Gasteiger partial charge in [0.05, 0.1) is 12.7 Å². The quantitative estimate of drug-likeness (QED) is 0.542. The molecule has 0 unspecified atom stereocenters. The van der Waals surface area contributed by atoms with Gasteiger partial charge in [-0.3, -0.25) is 0 Å². The molecule has 88 valence electrons. The summed E-state index contributed by atoms with van der Waals surface area (Å²) in [6.07, 6.45) is 2.52. The molecule has 0 amide bonds. The van der Waals surface area contributed by atoms with Crippen LogP contribution in [-0.4, -0.2) is 18.5 Å². The van der Waals surface area contributed by atoms with Crippen molar-refractivity contribution < 1.29 is 19.1 Å². The minimum absolute atomic E-state index is 0.308. The molecule has 0 atom stereocenters. The van der Waals surface area contributed by atoms with E-state index in [-0.39, 0.29) is 5.97 Å². The third kappa shape index (κ3) is 2.51. The average Bonchev–Trinajstić information content (AvgIpc) is 2.53. The number of hydrogen-bond acceptors (Lipinski definition) is 4. The van der Waals surface area contributed by atoms with E-state index in [4.69, 9.17) is 9.47 Å². The van der Waals surface area contributed by atoms with E-state index in [0.29, 0.717) is 30.8 Å². The Morgan fingerprint density at radius 2 is 1.88 bits per heavy atom. The zero-order valence-electron chi connectivity index (χ0n) is 9.83. The summed E-state index contributed by atoms with van der Waals surface area (Å²) in [7, 11) is 0. The fraction of sp³-hybridized carbons (Fsp3) is 0.500. The van der Waals surface area contributed by atoms with Gasteiger partial charge in [-0.05, 0) is 19.8 Å². The van der Waals surface area contributed by atoms with Crippen LogP contribution in [0.3, 0.4) is 0 Å². The van der Waals surface area contributed by atoms with Crippen LogP contribution in [0, 0.1) is 0 Å². The molecule has 1 aliphatic heterocycles. The standard InChI is InChI=1S/C12H16O4/c1-4-8-9(5-2)12(14)16-10(8)7-11(13)15-6-3/h7H,4-6H2,1-3H3. The third-order valence-corrected chi connectivity index (χ3v) is 2.35. The van der Waals surface area contributed by atoms with Crippen molar-refractivity contribution in [2.24, 2.45) is 0 Å². The number of ether oxygens (including phenoxy) is 2. The van der Waals surface area contributed by atoms with Gasteiger partial charge >= 0.3 is 11.9 Å². The molecule has 4 nitrogen and oxygen atoms in total. The van der Waals surface area contributed by atoms with Crippen molar-refractivity contribution in [2.75, 3.05) is 6.61 Å². The maximum Gasteiger partial charge on any atom is 0.339 e. The lowest BCUT2D eigenvalue weighted by molar-refractivity contribution is -0.137. The van der Waals surface area contributed by atoms with Gasteiger partial charge < -0.3 is 9.47 Å². The molecule has 16 heavy (non-hydrogen) atoms. The van der Waals surface area contributed by atoms with Crippen LogP contribution in [0.4, 0.5) is 0 Å². The van der Waals surface area contributed by atoms with E-state index in [2.05, 4.69) is 0 Å². The number of allylic oxidation sites excluding steroid dienone is 1. The zero-order valence-corrected chi connectivity index (χ0v) is 9.83. The summed E-state index contributed by atoms with van der Waals surface area (Å²) >= 11 is 0. The van der Waals surface area contributed by atoms with Crippen LogP contribution in [0.5, 0.6) is 0 Å². The van der Waals surface area contributed by atoms with E-state index in [1.807, 2.05) is 13.8 Å². The number of hydrogen-bond donors (Lipinski definition) is 0. The number of rotatable bonds is 4. The molecule has 0 bridgehead atoms. The maximum atomic E-state index is 11.5. The Labute approximate surface area is 94.9 Å². The van der Waals surface area contributed by atoms with Crippen LogP contribution in [0.15, 0.2) is 23.0 Å². The highest BCUT2D eigenvalue weighted by molar-refractivity contribution is 5.96. The number of cyclic esters (lactones) is 1. The molecule has 0 saturated carbocycles. The topological polar surface area (TPSA) is 52.6 Å². The molecule has 4 heteroatoms. The summed E-state index contributed by atoms with van der Waals surface area (Å²) in [4.78, 5) is 22.7. The van der Waals surface area contributed by atoms with Crippen LogP contribution in [0.2, 0.25) is 0 Å². The lowest BCUT2D eigenvalue weighted by atomic mass is 10.0. The third-order valence-electron chi connectivity index (χ3n) is 2.35. The van der Waals surface area contributed by atoms with Gasteiger partial charge in [-0.1, -0.05) is 13.8 Å². The van der Waals surface area contributed by atoms with Crippen LogP contribution < -0.4 is 0 Å². The van der Waals surface area contributed by atoms with Crippen molar-refractivity contribution in [3.05, 3.63) is 23.0 Å². The monoisotopic (exact) mass is 224 g/mol. The zero-order chi connectivity index (χ0) is 12.1. The molecule has 0 aromatic carbocycles. The molecular weight excluding hydrogens is 208 g/mol. The van der Waals surface area contributed by atoms with E-state index < -0.39 is 5.97 Å². The lowest BCUT2D eigenvalue weighted by Gasteiger charge is -2.01. The summed E-state index contributed by atoms with van der Waals surface area (Å²) in [5.74, 6) is -0.494. The van der Waals surface area contributed by atoms with E-state index >= 15 is 0 Å². The molecule has 0 radical (unpaired) electrons. The summed E-state index contributed by atoms with van der Waals surface area (Å²) in [6, 6.07) is 0. The minimum Gasteiger partial charge on any atom is -0.463 e. The highest BCUT2D eigenvalue weighted by Crippen LogP contribution is 2.30. The Bertz CT molecular complexity index is 363. The van der Waals surface area contributed by atoms with Gasteiger partial charge in [0.1, 0.15) is 5.76 Å². The second-order valence-electron chi connectivity index (χ2n) is 3.31. The van der Waals surface area contributed by atoms with E-state index in [1.165, 1.54) is 6.08 Å². The first-order chi connectivity index (χ1) is 7.63. The average molecular weight is 224 g/mol. The number of carbonyl (C=O) groups excluding carboxylic acids is 2. The Morgan fingerprint density at radius 1 is 1.25 bits per heavy atom. The second kappa shape index (κ2) is 5.49. The van der Waals surface area contributed by atoms with E-state index in [1.54, 1.807) is 6.92 Å². The Hall–Kier alpha value is -1.58. The van der Waals surface area contributed by atoms with E-state index in [9.17, 15) is 9.59 Å². The largest absolute Gasteiger partial charge is 0.463 e. The van der Waals surface area contributed by atoms with Gasteiger partial charge in [0.15, 0.2) is 0 Å². The first-order valence-electron chi connectivity index (χ1n) is 5.47. The van der Waals surface area contributed by atoms with Crippen molar-refractivity contribution in [3.8, 4) is 0 Å². The fourth-order valence-electron chi connectivity index (χ4n) is 1.65. The highest BCUT2D eigenvalue weighted by atomic mass is 16.6. The lowest BCUT2D eigenvalue weighted by Crippen LogP contribution is -2.02. The summed E-state index contributed by atoms with van der Waals surface area (Å²) < 4.78 is 9.80. The van der Waals surface area contributed by atoms with E-state index in [0.717, 1.165) is 5.57 Å². The fourth-order valence-corrected chi connectivity index (χ4v) is 1.65. The Morgan fingerprint density at radius 3 is 2.38 bits per heavy atom. The molecule has 1 heterocycles. The molecule has 0 aromatic rings. The molecule has 0 spiro atoms. The van der Waals surface area contributed by atoms with Crippen molar-refractivity contribution in [1.29, 1.82) is 0 Å². The van der Waals surface area contributed by atoms with Gasteiger partial charge in [-0.25, -0.2) is 9.59 Å². The van der Waals surface area contributed by atoms with Crippen LogP contribution in [0.25, 0.3) is 0 Å². The van der Waals surface area contributed by atoms with Crippen molar-refractivity contribution in [2.45, 2.75) is 33.6 Å². The first kappa shape index (κ1) is 12.5. The maximum absolute atomic E-state index is 11.5. The molecule has 1 rings (SSSR count). The molecule has 0 N–H and O–H groups in total. The van der Waals surface area contributed by atoms with Crippen LogP contribution >= 0.6 is 0 Å². The van der Waals surface area contributed by atoms with Gasteiger partial charge in [-0.2, -0.15) is 0 Å². The van der Waals surface area contributed by atoms with Crippen molar-refractivity contribution in [1.82, 2.24) is 0 Å². The van der Waals surface area contributed by atoms with Crippen molar-refractivity contribution >= 4 is 11.9 Å². The van der Waals surface area contributed by atoms with Crippen molar-refractivity contribution in [3.63, 3.8) is 0 Å². The van der Waals surface area contributed by atoms with Gasteiger partial charge in [0.25, 0.3) is 0 Å². The summed E-state index contributed by atoms with van der Waals surface area (Å²) in [5, 5.41) is 0. The Balaban J connectivity index is 2.96. The number of carbonyl (C=O) groups is 2. The molecule has 0 aromatic heterocycles. The molecule has 0 saturated heterocycles. The second-order valence-corrected chi connectivity index (χ2v) is 3.31. The van der Waals surface area contributed by atoms with Gasteiger partial charge in [0.2, 0.25) is 0 Å². The molecule has 0 fully saturated rings. The van der Waals surface area contributed by atoms with Crippen LogP contribution in [-0.2, 0) is 19.1 Å². The number of esters is 2. The normalized spacial score (nSPS) is 17.9. The predicted octanol–water partition coefficient (Wildman–Crippen LogP) is 2.11.